The van der Waals surface area contributed by atoms with Crippen molar-refractivity contribution >= 4 is 17.3 Å². The first-order chi connectivity index (χ1) is 14.5. The van der Waals surface area contributed by atoms with E-state index < -0.39 is 6.10 Å². The summed E-state index contributed by atoms with van der Waals surface area (Å²) in [4.78, 5) is 4.65. The van der Waals surface area contributed by atoms with Crippen LogP contribution in [0.1, 0.15) is 18.1 Å². The minimum atomic E-state index is -0.492. The third kappa shape index (κ3) is 6.88. The fourth-order valence-electron chi connectivity index (χ4n) is 3.70. The number of piperazine rings is 1. The van der Waals surface area contributed by atoms with Crippen LogP contribution in [0.15, 0.2) is 42.5 Å². The van der Waals surface area contributed by atoms with Gasteiger partial charge in [-0.15, -0.1) is 0 Å². The van der Waals surface area contributed by atoms with E-state index in [-0.39, 0.29) is 0 Å². The van der Waals surface area contributed by atoms with Crippen LogP contribution in [0, 0.1) is 6.92 Å². The van der Waals surface area contributed by atoms with Gasteiger partial charge in [-0.3, -0.25) is 4.90 Å². The highest BCUT2D eigenvalue weighted by Crippen LogP contribution is 2.25. The molecule has 5 nitrogen and oxygen atoms in total. The van der Waals surface area contributed by atoms with Crippen molar-refractivity contribution in [2.75, 3.05) is 57.4 Å². The molecule has 1 aliphatic heterocycles. The zero-order valence-electron chi connectivity index (χ0n) is 18.0. The predicted octanol–water partition coefficient (Wildman–Crippen LogP) is 3.79. The van der Waals surface area contributed by atoms with Crippen LogP contribution >= 0.6 is 11.6 Å². The van der Waals surface area contributed by atoms with Crippen LogP contribution in [-0.2, 0) is 11.2 Å². The van der Waals surface area contributed by atoms with Crippen molar-refractivity contribution in [3.05, 3.63) is 58.6 Å². The van der Waals surface area contributed by atoms with Crippen molar-refractivity contribution in [3.63, 3.8) is 0 Å². The number of benzene rings is 2. The summed E-state index contributed by atoms with van der Waals surface area (Å²) >= 11 is 6.16. The maximum absolute atomic E-state index is 10.3. The lowest BCUT2D eigenvalue weighted by Crippen LogP contribution is -2.49. The third-order valence-electron chi connectivity index (χ3n) is 5.49. The van der Waals surface area contributed by atoms with E-state index >= 15 is 0 Å². The largest absolute Gasteiger partial charge is 0.491 e. The fraction of sp³-hybridized carbons (Fsp3) is 0.500. The van der Waals surface area contributed by atoms with E-state index in [1.54, 1.807) is 0 Å². The molecule has 0 spiro atoms. The standard InChI is InChI=1S/C24H33ClN2O3/c1-3-20-5-8-23(9-6-20)30-15-14-29-18-22(28)17-26-10-12-27(13-11-26)24-16-21(25)7-4-19(24)2/h4-9,16,22,28H,3,10-15,17-18H2,1-2H3/t22-/m0/s1. The van der Waals surface area contributed by atoms with Crippen molar-refractivity contribution in [1.82, 2.24) is 4.90 Å². The van der Waals surface area contributed by atoms with Crippen molar-refractivity contribution in [3.8, 4) is 5.75 Å². The van der Waals surface area contributed by atoms with E-state index in [1.165, 1.54) is 16.8 Å². The van der Waals surface area contributed by atoms with E-state index in [9.17, 15) is 5.11 Å². The van der Waals surface area contributed by atoms with Crippen LogP contribution in [-0.4, -0.2) is 68.7 Å². The Bertz CT molecular complexity index is 777. The maximum atomic E-state index is 10.3. The van der Waals surface area contributed by atoms with Gasteiger partial charge in [-0.2, -0.15) is 0 Å². The molecule has 0 aromatic heterocycles. The molecule has 1 atom stereocenters. The Morgan fingerprint density at radius 1 is 1.03 bits per heavy atom. The predicted molar refractivity (Wildman–Crippen MR) is 123 cm³/mol. The molecular formula is C24H33ClN2O3. The van der Waals surface area contributed by atoms with Gasteiger partial charge in [-0.1, -0.05) is 36.7 Å². The lowest BCUT2D eigenvalue weighted by molar-refractivity contribution is 0.00718. The summed E-state index contributed by atoms with van der Waals surface area (Å²) in [7, 11) is 0. The van der Waals surface area contributed by atoms with Crippen LogP contribution < -0.4 is 9.64 Å². The number of rotatable bonds is 10. The number of aryl methyl sites for hydroxylation is 2. The fourth-order valence-corrected chi connectivity index (χ4v) is 3.87. The van der Waals surface area contributed by atoms with Crippen molar-refractivity contribution in [1.29, 1.82) is 0 Å². The van der Waals surface area contributed by atoms with Gasteiger partial charge < -0.3 is 19.5 Å². The molecule has 0 saturated carbocycles. The van der Waals surface area contributed by atoms with Crippen LogP contribution in [0.25, 0.3) is 0 Å². The number of β-amino-alcohol motifs (C(OH)–C–C–N with tert-alkyl or cyclic N) is 1. The highest BCUT2D eigenvalue weighted by molar-refractivity contribution is 6.30. The number of ether oxygens (including phenoxy) is 2. The van der Waals surface area contributed by atoms with Gasteiger partial charge in [0.2, 0.25) is 0 Å². The number of anilines is 1. The van der Waals surface area contributed by atoms with Crippen LogP contribution in [0.2, 0.25) is 5.02 Å². The van der Waals surface area contributed by atoms with Crippen LogP contribution in [0.4, 0.5) is 5.69 Å². The van der Waals surface area contributed by atoms with Crippen molar-refractivity contribution < 1.29 is 14.6 Å². The summed E-state index contributed by atoms with van der Waals surface area (Å²) in [5.74, 6) is 0.851. The zero-order valence-corrected chi connectivity index (χ0v) is 18.8. The number of aliphatic hydroxyl groups excluding tert-OH is 1. The minimum Gasteiger partial charge on any atom is -0.491 e. The van der Waals surface area contributed by atoms with E-state index in [1.807, 2.05) is 24.3 Å². The second-order valence-corrected chi connectivity index (χ2v) is 8.23. The van der Waals surface area contributed by atoms with Crippen molar-refractivity contribution in [2.45, 2.75) is 26.4 Å². The molecule has 3 rings (SSSR count). The topological polar surface area (TPSA) is 45.2 Å². The van der Waals surface area contributed by atoms with E-state index in [0.717, 1.165) is 43.4 Å². The average Bonchev–Trinajstić information content (AvgIpc) is 2.76. The van der Waals surface area contributed by atoms with Gasteiger partial charge in [0.05, 0.1) is 19.3 Å². The Morgan fingerprint density at radius 2 is 1.77 bits per heavy atom. The summed E-state index contributed by atoms with van der Waals surface area (Å²) in [6, 6.07) is 14.2. The second-order valence-electron chi connectivity index (χ2n) is 7.79. The molecule has 2 aromatic rings. The molecule has 0 amide bonds. The molecule has 6 heteroatoms. The SMILES string of the molecule is CCc1ccc(OCCOC[C@@H](O)CN2CCN(c3cc(Cl)ccc3C)CC2)cc1. The van der Waals surface area contributed by atoms with Gasteiger partial charge in [0.15, 0.2) is 0 Å². The molecule has 0 aliphatic carbocycles. The van der Waals surface area contributed by atoms with E-state index in [0.29, 0.717) is 26.4 Å². The van der Waals surface area contributed by atoms with Crippen LogP contribution in [0.3, 0.4) is 0 Å². The molecule has 1 N–H and O–H groups in total. The molecule has 164 valence electrons. The number of halogens is 1. The smallest absolute Gasteiger partial charge is 0.119 e. The Kier molecular flexibility index (Phi) is 8.82. The van der Waals surface area contributed by atoms with Gasteiger partial charge in [-0.05, 0) is 48.7 Å². The molecule has 0 radical (unpaired) electrons. The molecule has 0 bridgehead atoms. The summed E-state index contributed by atoms with van der Waals surface area (Å²) < 4.78 is 11.3. The highest BCUT2D eigenvalue weighted by atomic mass is 35.5. The summed E-state index contributed by atoms with van der Waals surface area (Å²) in [5.41, 5.74) is 3.74. The molecule has 1 fully saturated rings. The molecule has 1 saturated heterocycles. The molecular weight excluding hydrogens is 400 g/mol. The number of hydrogen-bond acceptors (Lipinski definition) is 5. The van der Waals surface area contributed by atoms with Gasteiger partial charge in [0.25, 0.3) is 0 Å². The Morgan fingerprint density at radius 3 is 2.47 bits per heavy atom. The third-order valence-corrected chi connectivity index (χ3v) is 5.73. The Balaban J connectivity index is 1.30. The van der Waals surface area contributed by atoms with Gasteiger partial charge in [0, 0.05) is 43.4 Å². The number of nitrogens with zero attached hydrogens (tertiary/aromatic N) is 2. The van der Waals surface area contributed by atoms with Crippen LogP contribution in [0.5, 0.6) is 5.75 Å². The molecule has 1 heterocycles. The monoisotopic (exact) mass is 432 g/mol. The molecule has 30 heavy (non-hydrogen) atoms. The second kappa shape index (κ2) is 11.6. The minimum absolute atomic E-state index is 0.325. The van der Waals surface area contributed by atoms with E-state index in [4.69, 9.17) is 21.1 Å². The lowest BCUT2D eigenvalue weighted by atomic mass is 10.1. The normalized spacial score (nSPS) is 15.9. The first-order valence-corrected chi connectivity index (χ1v) is 11.1. The summed E-state index contributed by atoms with van der Waals surface area (Å²) in [6.07, 6.45) is 0.532. The summed E-state index contributed by atoms with van der Waals surface area (Å²) in [6.45, 7) is 9.84. The summed E-state index contributed by atoms with van der Waals surface area (Å²) in [5, 5.41) is 11.1. The van der Waals surface area contributed by atoms with E-state index in [2.05, 4.69) is 41.8 Å². The van der Waals surface area contributed by atoms with Crippen molar-refractivity contribution in [2.24, 2.45) is 0 Å². The Labute approximate surface area is 185 Å². The maximum Gasteiger partial charge on any atom is 0.119 e. The average molecular weight is 433 g/mol. The van der Waals surface area contributed by atoms with Gasteiger partial charge in [0.1, 0.15) is 12.4 Å². The molecule has 2 aromatic carbocycles. The molecule has 0 unspecified atom stereocenters. The van der Waals surface area contributed by atoms with Gasteiger partial charge in [-0.25, -0.2) is 0 Å². The Hall–Kier alpha value is -1.79. The first-order valence-electron chi connectivity index (χ1n) is 10.8. The molecule has 1 aliphatic rings. The lowest BCUT2D eigenvalue weighted by Gasteiger charge is -2.37. The number of aliphatic hydroxyl groups is 1. The number of hydrogen-bond donors (Lipinski definition) is 1. The van der Waals surface area contributed by atoms with Gasteiger partial charge >= 0.3 is 0 Å². The quantitative estimate of drug-likeness (QED) is 0.579. The zero-order chi connectivity index (χ0) is 21.3. The highest BCUT2D eigenvalue weighted by Gasteiger charge is 2.20. The first kappa shape index (κ1) is 22.9.